The van der Waals surface area contributed by atoms with Gasteiger partial charge in [0.05, 0.1) is 11.6 Å². The first-order valence-corrected chi connectivity index (χ1v) is 7.70. The lowest BCUT2D eigenvalue weighted by atomic mass is 9.84. The lowest BCUT2D eigenvalue weighted by molar-refractivity contribution is -0.0388. The Morgan fingerprint density at radius 2 is 1.55 bits per heavy atom. The van der Waals surface area contributed by atoms with Crippen LogP contribution in [-0.2, 0) is 10.2 Å². The minimum Gasteiger partial charge on any atom is -0.374 e. The Balaban J connectivity index is 3.04. The predicted octanol–water partition coefficient (Wildman–Crippen LogP) is 4.45. The number of nitrogens with one attached hydrogen (secondary N) is 1. The maximum atomic E-state index is 5.93. The highest BCUT2D eigenvalue weighted by molar-refractivity contribution is 5.30. The van der Waals surface area contributed by atoms with E-state index in [1.54, 1.807) is 0 Å². The summed E-state index contributed by atoms with van der Waals surface area (Å²) >= 11 is 0. The molecular weight excluding hydrogens is 246 g/mol. The third-order valence-electron chi connectivity index (χ3n) is 3.73. The lowest BCUT2D eigenvalue weighted by Gasteiger charge is -2.35. The van der Waals surface area contributed by atoms with E-state index in [1.807, 2.05) is 6.92 Å². The van der Waals surface area contributed by atoms with Gasteiger partial charge in [0.15, 0.2) is 0 Å². The molecule has 0 aromatic heterocycles. The summed E-state index contributed by atoms with van der Waals surface area (Å²) in [5.41, 5.74) is 2.64. The SMILES string of the molecule is CCNC(c1ccc(C(C)(C)C)cc1)C(C)(C)OCC. The Bertz CT molecular complexity index is 400. The van der Waals surface area contributed by atoms with Crippen LogP contribution in [0.2, 0.25) is 0 Å². The normalized spacial score (nSPS) is 14.3. The molecule has 2 nitrogen and oxygen atoms in total. The number of hydrogen-bond donors (Lipinski definition) is 1. The van der Waals surface area contributed by atoms with Gasteiger partial charge in [-0.15, -0.1) is 0 Å². The zero-order valence-electron chi connectivity index (χ0n) is 14.2. The fourth-order valence-electron chi connectivity index (χ4n) is 2.60. The lowest BCUT2D eigenvalue weighted by Crippen LogP contribution is -2.41. The van der Waals surface area contributed by atoms with Crippen molar-refractivity contribution in [3.05, 3.63) is 35.4 Å². The summed E-state index contributed by atoms with van der Waals surface area (Å²) < 4.78 is 5.93. The monoisotopic (exact) mass is 277 g/mol. The standard InChI is InChI=1S/C18H31NO/c1-8-19-16(18(6,7)20-9-2)14-10-12-15(13-11-14)17(3,4)5/h10-13,16,19H,8-9H2,1-7H3. The van der Waals surface area contributed by atoms with Crippen LogP contribution in [0.1, 0.15) is 65.6 Å². The van der Waals surface area contributed by atoms with Crippen molar-refractivity contribution in [3.63, 3.8) is 0 Å². The first-order chi connectivity index (χ1) is 9.22. The van der Waals surface area contributed by atoms with Gasteiger partial charge in [0.1, 0.15) is 0 Å². The number of benzene rings is 1. The molecule has 0 fully saturated rings. The number of ether oxygens (including phenoxy) is 1. The van der Waals surface area contributed by atoms with E-state index >= 15 is 0 Å². The Morgan fingerprint density at radius 3 is 1.95 bits per heavy atom. The molecular formula is C18H31NO. The average molecular weight is 277 g/mol. The summed E-state index contributed by atoms with van der Waals surface area (Å²) in [6.45, 7) is 16.9. The molecule has 1 aromatic rings. The molecule has 1 aromatic carbocycles. The van der Waals surface area contributed by atoms with Gasteiger partial charge in [0, 0.05) is 6.61 Å². The van der Waals surface area contributed by atoms with Crippen molar-refractivity contribution in [1.29, 1.82) is 0 Å². The van der Waals surface area contributed by atoms with E-state index in [0.29, 0.717) is 0 Å². The van der Waals surface area contributed by atoms with E-state index < -0.39 is 0 Å². The minimum absolute atomic E-state index is 0.196. The van der Waals surface area contributed by atoms with Crippen molar-refractivity contribution in [1.82, 2.24) is 5.32 Å². The Kier molecular flexibility index (Phi) is 5.79. The highest BCUT2D eigenvalue weighted by Crippen LogP contribution is 2.31. The zero-order chi connectivity index (χ0) is 15.4. The Labute approximate surface area is 124 Å². The fourth-order valence-corrected chi connectivity index (χ4v) is 2.60. The van der Waals surface area contributed by atoms with Gasteiger partial charge in [-0.2, -0.15) is 0 Å². The fraction of sp³-hybridized carbons (Fsp3) is 0.667. The van der Waals surface area contributed by atoms with E-state index in [-0.39, 0.29) is 17.1 Å². The highest BCUT2D eigenvalue weighted by atomic mass is 16.5. The molecule has 1 N–H and O–H groups in total. The maximum absolute atomic E-state index is 5.93. The largest absolute Gasteiger partial charge is 0.374 e. The van der Waals surface area contributed by atoms with Crippen molar-refractivity contribution >= 4 is 0 Å². The molecule has 0 amide bonds. The van der Waals surface area contributed by atoms with Crippen molar-refractivity contribution in [2.45, 2.75) is 65.5 Å². The highest BCUT2D eigenvalue weighted by Gasteiger charge is 2.30. The van der Waals surface area contributed by atoms with Crippen LogP contribution in [-0.4, -0.2) is 18.8 Å². The van der Waals surface area contributed by atoms with E-state index in [4.69, 9.17) is 4.74 Å². The Hall–Kier alpha value is -0.860. The van der Waals surface area contributed by atoms with E-state index in [2.05, 4.69) is 71.1 Å². The van der Waals surface area contributed by atoms with Gasteiger partial charge in [-0.05, 0) is 43.9 Å². The summed E-state index contributed by atoms with van der Waals surface area (Å²) in [6.07, 6.45) is 0. The van der Waals surface area contributed by atoms with Crippen molar-refractivity contribution in [3.8, 4) is 0 Å². The summed E-state index contributed by atoms with van der Waals surface area (Å²) in [7, 11) is 0. The second-order valence-corrected chi connectivity index (χ2v) is 6.90. The molecule has 0 bridgehead atoms. The second kappa shape index (κ2) is 6.73. The van der Waals surface area contributed by atoms with Crippen molar-refractivity contribution < 1.29 is 4.74 Å². The molecule has 0 radical (unpaired) electrons. The summed E-state index contributed by atoms with van der Waals surface area (Å²) in [5.74, 6) is 0. The van der Waals surface area contributed by atoms with Crippen molar-refractivity contribution in [2.75, 3.05) is 13.2 Å². The molecule has 0 aliphatic heterocycles. The summed E-state index contributed by atoms with van der Waals surface area (Å²) in [5, 5.41) is 3.56. The van der Waals surface area contributed by atoms with E-state index in [9.17, 15) is 0 Å². The predicted molar refractivity (Wildman–Crippen MR) is 87.3 cm³/mol. The maximum Gasteiger partial charge on any atom is 0.0820 e. The molecule has 20 heavy (non-hydrogen) atoms. The molecule has 1 rings (SSSR count). The molecule has 0 saturated heterocycles. The topological polar surface area (TPSA) is 21.3 Å². The van der Waals surface area contributed by atoms with Gasteiger partial charge in [0.25, 0.3) is 0 Å². The molecule has 1 atom stereocenters. The van der Waals surface area contributed by atoms with Gasteiger partial charge < -0.3 is 10.1 Å². The van der Waals surface area contributed by atoms with E-state index in [1.165, 1.54) is 11.1 Å². The van der Waals surface area contributed by atoms with Crippen LogP contribution in [0.5, 0.6) is 0 Å². The van der Waals surface area contributed by atoms with Crippen LogP contribution in [0.3, 0.4) is 0 Å². The van der Waals surface area contributed by atoms with Crippen LogP contribution < -0.4 is 5.32 Å². The Morgan fingerprint density at radius 1 is 1.00 bits per heavy atom. The number of rotatable bonds is 6. The molecule has 0 spiro atoms. The smallest absolute Gasteiger partial charge is 0.0820 e. The van der Waals surface area contributed by atoms with Gasteiger partial charge in [-0.25, -0.2) is 0 Å². The van der Waals surface area contributed by atoms with Gasteiger partial charge in [0.2, 0.25) is 0 Å². The summed E-state index contributed by atoms with van der Waals surface area (Å²) in [6, 6.07) is 9.15. The van der Waals surface area contributed by atoms with Crippen LogP contribution in [0.4, 0.5) is 0 Å². The number of likely N-dealkylation sites (N-methyl/N-ethyl adjacent to an activating group) is 1. The number of hydrogen-bond acceptors (Lipinski definition) is 2. The quantitative estimate of drug-likeness (QED) is 0.829. The molecule has 2 heteroatoms. The van der Waals surface area contributed by atoms with Crippen LogP contribution >= 0.6 is 0 Å². The first-order valence-electron chi connectivity index (χ1n) is 7.70. The third-order valence-corrected chi connectivity index (χ3v) is 3.73. The van der Waals surface area contributed by atoms with Crippen LogP contribution in [0.25, 0.3) is 0 Å². The molecule has 0 aliphatic carbocycles. The zero-order valence-corrected chi connectivity index (χ0v) is 14.2. The van der Waals surface area contributed by atoms with Gasteiger partial charge in [-0.3, -0.25) is 0 Å². The summed E-state index contributed by atoms with van der Waals surface area (Å²) in [4.78, 5) is 0. The molecule has 0 saturated carbocycles. The van der Waals surface area contributed by atoms with Crippen LogP contribution in [0, 0.1) is 0 Å². The average Bonchev–Trinajstić information content (AvgIpc) is 2.35. The van der Waals surface area contributed by atoms with E-state index in [0.717, 1.165) is 13.2 Å². The molecule has 0 aliphatic rings. The van der Waals surface area contributed by atoms with Gasteiger partial charge >= 0.3 is 0 Å². The first kappa shape index (κ1) is 17.2. The van der Waals surface area contributed by atoms with Crippen LogP contribution in [0.15, 0.2) is 24.3 Å². The molecule has 0 heterocycles. The third kappa shape index (κ3) is 4.32. The van der Waals surface area contributed by atoms with Crippen molar-refractivity contribution in [2.24, 2.45) is 0 Å². The molecule has 114 valence electrons. The minimum atomic E-state index is -0.214. The molecule has 1 unspecified atom stereocenters. The second-order valence-electron chi connectivity index (χ2n) is 6.90. The van der Waals surface area contributed by atoms with Gasteiger partial charge in [-0.1, -0.05) is 52.0 Å².